The molecule has 27 heavy (non-hydrogen) atoms. The number of pyridine rings is 1. The second-order valence-corrected chi connectivity index (χ2v) is 6.98. The van der Waals surface area contributed by atoms with Crippen LogP contribution in [0.15, 0.2) is 41.3 Å². The SMILES string of the molecule is Cc1ccc(COc2cn(CC(=O)NCC3CCCO3)c(C)cc2=O)cc1. The van der Waals surface area contributed by atoms with E-state index in [1.165, 1.54) is 11.6 Å². The molecule has 1 unspecified atom stereocenters. The van der Waals surface area contributed by atoms with Crippen molar-refractivity contribution >= 4 is 5.91 Å². The summed E-state index contributed by atoms with van der Waals surface area (Å²) in [6.07, 6.45) is 3.74. The molecule has 1 aliphatic heterocycles. The van der Waals surface area contributed by atoms with Crippen LogP contribution in [0, 0.1) is 13.8 Å². The number of aromatic nitrogens is 1. The van der Waals surface area contributed by atoms with Gasteiger partial charge in [-0.25, -0.2) is 0 Å². The summed E-state index contributed by atoms with van der Waals surface area (Å²) < 4.78 is 12.9. The average Bonchev–Trinajstić information content (AvgIpc) is 3.16. The number of hydrogen-bond acceptors (Lipinski definition) is 4. The van der Waals surface area contributed by atoms with Gasteiger partial charge in [-0.05, 0) is 32.3 Å². The highest BCUT2D eigenvalue weighted by Crippen LogP contribution is 2.12. The third-order valence-corrected chi connectivity index (χ3v) is 4.69. The zero-order valence-electron chi connectivity index (χ0n) is 15.9. The summed E-state index contributed by atoms with van der Waals surface area (Å²) in [5, 5.41) is 2.89. The van der Waals surface area contributed by atoms with Crippen LogP contribution in [0.4, 0.5) is 0 Å². The van der Waals surface area contributed by atoms with Gasteiger partial charge >= 0.3 is 0 Å². The highest BCUT2D eigenvalue weighted by atomic mass is 16.5. The maximum Gasteiger partial charge on any atom is 0.240 e. The number of amides is 1. The van der Waals surface area contributed by atoms with E-state index < -0.39 is 0 Å². The van der Waals surface area contributed by atoms with E-state index in [-0.39, 0.29) is 29.7 Å². The summed E-state index contributed by atoms with van der Waals surface area (Å²) >= 11 is 0. The van der Waals surface area contributed by atoms with E-state index in [1.807, 2.05) is 31.2 Å². The van der Waals surface area contributed by atoms with Crippen molar-refractivity contribution in [2.45, 2.75) is 45.9 Å². The van der Waals surface area contributed by atoms with E-state index in [4.69, 9.17) is 9.47 Å². The molecule has 0 radical (unpaired) electrons. The summed E-state index contributed by atoms with van der Waals surface area (Å²) in [7, 11) is 0. The number of carbonyl (C=O) groups excluding carboxylic acids is 1. The van der Waals surface area contributed by atoms with Gasteiger partial charge in [0.25, 0.3) is 0 Å². The molecule has 144 valence electrons. The van der Waals surface area contributed by atoms with Crippen LogP contribution in [-0.2, 0) is 22.7 Å². The van der Waals surface area contributed by atoms with Crippen LogP contribution in [0.25, 0.3) is 0 Å². The highest BCUT2D eigenvalue weighted by Gasteiger charge is 2.16. The predicted octanol–water partition coefficient (Wildman–Crippen LogP) is 2.34. The molecule has 0 saturated carbocycles. The van der Waals surface area contributed by atoms with Crippen molar-refractivity contribution in [2.24, 2.45) is 0 Å². The fraction of sp³-hybridized carbons (Fsp3) is 0.429. The molecule has 1 saturated heterocycles. The van der Waals surface area contributed by atoms with Gasteiger partial charge in [0.1, 0.15) is 13.2 Å². The molecule has 1 aromatic heterocycles. The van der Waals surface area contributed by atoms with Crippen LogP contribution in [-0.4, -0.2) is 29.7 Å². The Hall–Kier alpha value is -2.60. The summed E-state index contributed by atoms with van der Waals surface area (Å²) in [6, 6.07) is 9.45. The lowest BCUT2D eigenvalue weighted by Crippen LogP contribution is -2.34. The molecule has 0 spiro atoms. The minimum absolute atomic E-state index is 0.109. The van der Waals surface area contributed by atoms with Crippen LogP contribution >= 0.6 is 0 Å². The summed E-state index contributed by atoms with van der Waals surface area (Å²) in [5.41, 5.74) is 2.69. The maximum absolute atomic E-state index is 12.2. The molecule has 6 nitrogen and oxygen atoms in total. The molecule has 2 heterocycles. The van der Waals surface area contributed by atoms with Gasteiger partial charge in [0, 0.05) is 24.9 Å². The molecule has 6 heteroatoms. The van der Waals surface area contributed by atoms with E-state index in [0.29, 0.717) is 13.2 Å². The first-order valence-electron chi connectivity index (χ1n) is 9.29. The molecular weight excluding hydrogens is 344 g/mol. The normalized spacial score (nSPS) is 16.3. The van der Waals surface area contributed by atoms with Crippen molar-refractivity contribution in [3.05, 3.63) is 63.6 Å². The fourth-order valence-electron chi connectivity index (χ4n) is 3.02. The lowest BCUT2D eigenvalue weighted by atomic mass is 10.2. The number of aryl methyl sites for hydroxylation is 2. The molecule has 1 N–H and O–H groups in total. The monoisotopic (exact) mass is 370 g/mol. The Morgan fingerprint density at radius 3 is 2.78 bits per heavy atom. The van der Waals surface area contributed by atoms with Crippen molar-refractivity contribution < 1.29 is 14.3 Å². The first kappa shape index (κ1) is 19.2. The first-order valence-corrected chi connectivity index (χ1v) is 9.29. The Morgan fingerprint density at radius 1 is 1.30 bits per heavy atom. The topological polar surface area (TPSA) is 69.6 Å². The molecule has 2 aromatic rings. The Morgan fingerprint density at radius 2 is 2.07 bits per heavy atom. The van der Waals surface area contributed by atoms with E-state index in [0.717, 1.165) is 30.7 Å². The van der Waals surface area contributed by atoms with E-state index in [2.05, 4.69) is 5.32 Å². The van der Waals surface area contributed by atoms with Gasteiger partial charge in [-0.15, -0.1) is 0 Å². The Labute approximate surface area is 159 Å². The largest absolute Gasteiger partial charge is 0.483 e. The molecule has 1 fully saturated rings. The quantitative estimate of drug-likeness (QED) is 0.812. The summed E-state index contributed by atoms with van der Waals surface area (Å²) in [4.78, 5) is 24.4. The van der Waals surface area contributed by atoms with E-state index >= 15 is 0 Å². The number of nitrogens with zero attached hydrogens (tertiary/aromatic N) is 1. The highest BCUT2D eigenvalue weighted by molar-refractivity contribution is 5.75. The molecule has 0 bridgehead atoms. The molecule has 1 aliphatic rings. The molecule has 1 atom stereocenters. The van der Waals surface area contributed by atoms with Crippen molar-refractivity contribution in [3.63, 3.8) is 0 Å². The Balaban J connectivity index is 1.61. The predicted molar refractivity (Wildman–Crippen MR) is 103 cm³/mol. The minimum atomic E-state index is -0.185. The van der Waals surface area contributed by atoms with Gasteiger partial charge in [-0.1, -0.05) is 29.8 Å². The Kier molecular flexibility index (Phi) is 6.29. The molecule has 3 rings (SSSR count). The first-order chi connectivity index (χ1) is 13.0. The van der Waals surface area contributed by atoms with Gasteiger partial charge in [0.15, 0.2) is 5.75 Å². The minimum Gasteiger partial charge on any atom is -0.483 e. The number of benzene rings is 1. The van der Waals surface area contributed by atoms with Crippen LogP contribution in [0.3, 0.4) is 0 Å². The molecular formula is C21H26N2O4. The summed E-state index contributed by atoms with van der Waals surface area (Å²) in [6.45, 7) is 5.56. The van der Waals surface area contributed by atoms with Gasteiger partial charge in [0.05, 0.1) is 12.3 Å². The molecule has 1 aromatic carbocycles. The number of carbonyl (C=O) groups is 1. The standard InChI is InChI=1S/C21H26N2O4/c1-15-5-7-17(8-6-15)14-27-20-12-23(16(2)10-19(20)24)13-21(25)22-11-18-4-3-9-26-18/h5-8,10,12,18H,3-4,9,11,13-14H2,1-2H3,(H,22,25). The van der Waals surface area contributed by atoms with Gasteiger partial charge < -0.3 is 19.4 Å². The number of ether oxygens (including phenoxy) is 2. The van der Waals surface area contributed by atoms with Gasteiger partial charge in [0.2, 0.25) is 11.3 Å². The second kappa shape index (κ2) is 8.86. The van der Waals surface area contributed by atoms with Gasteiger partial charge in [-0.2, -0.15) is 0 Å². The number of nitrogens with one attached hydrogen (secondary N) is 1. The molecule has 0 aliphatic carbocycles. The van der Waals surface area contributed by atoms with Crippen LogP contribution < -0.4 is 15.5 Å². The van der Waals surface area contributed by atoms with Crippen molar-refractivity contribution in [3.8, 4) is 5.75 Å². The Bertz CT molecular complexity index is 836. The lowest BCUT2D eigenvalue weighted by Gasteiger charge is -2.15. The maximum atomic E-state index is 12.2. The number of rotatable bonds is 7. The third-order valence-electron chi connectivity index (χ3n) is 4.69. The zero-order chi connectivity index (χ0) is 19.2. The fourth-order valence-corrected chi connectivity index (χ4v) is 3.02. The smallest absolute Gasteiger partial charge is 0.240 e. The summed E-state index contributed by atoms with van der Waals surface area (Å²) in [5.74, 6) is 0.134. The van der Waals surface area contributed by atoms with Crippen molar-refractivity contribution in [1.29, 1.82) is 0 Å². The van der Waals surface area contributed by atoms with Crippen molar-refractivity contribution in [1.82, 2.24) is 9.88 Å². The van der Waals surface area contributed by atoms with Gasteiger partial charge in [-0.3, -0.25) is 9.59 Å². The zero-order valence-corrected chi connectivity index (χ0v) is 15.9. The molecule has 1 amide bonds. The van der Waals surface area contributed by atoms with E-state index in [9.17, 15) is 9.59 Å². The van der Waals surface area contributed by atoms with Crippen molar-refractivity contribution in [2.75, 3.05) is 13.2 Å². The van der Waals surface area contributed by atoms with Crippen LogP contribution in [0.5, 0.6) is 5.75 Å². The van der Waals surface area contributed by atoms with E-state index in [1.54, 1.807) is 17.7 Å². The average molecular weight is 370 g/mol. The second-order valence-electron chi connectivity index (χ2n) is 6.98. The number of hydrogen-bond donors (Lipinski definition) is 1. The third kappa shape index (κ3) is 5.44. The van der Waals surface area contributed by atoms with Crippen LogP contribution in [0.2, 0.25) is 0 Å². The van der Waals surface area contributed by atoms with Crippen LogP contribution in [0.1, 0.15) is 29.7 Å². The lowest BCUT2D eigenvalue weighted by molar-refractivity contribution is -0.122.